The highest BCUT2D eigenvalue weighted by molar-refractivity contribution is 8.14. The van der Waals surface area contributed by atoms with E-state index >= 15 is 0 Å². The van der Waals surface area contributed by atoms with E-state index in [1.165, 1.54) is 4.72 Å². The van der Waals surface area contributed by atoms with Crippen LogP contribution in [0.1, 0.15) is 0 Å². The highest BCUT2D eigenvalue weighted by Crippen LogP contribution is 1.90. The Morgan fingerprint density at radius 1 is 1.62 bits per heavy atom. The molecule has 0 spiro atoms. The molecule has 0 unspecified atom stereocenters. The van der Waals surface area contributed by atoms with Crippen molar-refractivity contribution in [3.05, 3.63) is 0 Å². The smallest absolute Gasteiger partial charge is 0.261 e. The first kappa shape index (κ1) is 8.06. The largest absolute Gasteiger partial charge is 0.322 e. The molecule has 0 heterocycles. The van der Waals surface area contributed by atoms with Gasteiger partial charge in [0.25, 0.3) is 5.24 Å². The van der Waals surface area contributed by atoms with Gasteiger partial charge >= 0.3 is 9.24 Å². The van der Waals surface area contributed by atoms with E-state index in [0.29, 0.717) is 0 Å². The maximum Gasteiger partial charge on any atom is 0.322 e. The summed E-state index contributed by atoms with van der Waals surface area (Å²) in [5.41, 5.74) is 0. The second-order valence-electron chi connectivity index (χ2n) is 0.845. The maximum absolute atomic E-state index is 9.83. The van der Waals surface area contributed by atoms with Gasteiger partial charge in [0.1, 0.15) is 0 Å². The summed E-state index contributed by atoms with van der Waals surface area (Å²) in [6.45, 7) is 0. The van der Waals surface area contributed by atoms with E-state index < -0.39 is 14.5 Å². The molecule has 0 aromatic rings. The number of thiol groups is 1. The molecule has 0 aliphatic carbocycles. The van der Waals surface area contributed by atoms with Crippen LogP contribution in [-0.2, 0) is 9.24 Å². The van der Waals surface area contributed by atoms with Crippen LogP contribution >= 0.6 is 23.3 Å². The van der Waals surface area contributed by atoms with Crippen molar-refractivity contribution in [2.45, 2.75) is 0 Å². The summed E-state index contributed by atoms with van der Waals surface area (Å²) in [5, 5.41) is -1.000. The minimum absolute atomic E-state index is 1.000. The van der Waals surface area contributed by atoms with Gasteiger partial charge in [-0.2, -0.15) is 8.42 Å². The van der Waals surface area contributed by atoms with E-state index in [0.717, 1.165) is 0 Å². The second kappa shape index (κ2) is 2.56. The summed E-state index contributed by atoms with van der Waals surface area (Å²) >= 11 is 3.08. The molecule has 48 valence electrons. The number of carbonyl (C=O) groups is 1. The van der Waals surface area contributed by atoms with E-state index in [1.54, 1.807) is 0 Å². The molecule has 4 nitrogen and oxygen atoms in total. The van der Waals surface area contributed by atoms with E-state index in [9.17, 15) is 13.2 Å². The van der Waals surface area contributed by atoms with Crippen molar-refractivity contribution in [3.63, 3.8) is 0 Å². The first-order valence-corrected chi connectivity index (χ1v) is 4.13. The molecule has 0 aliphatic rings. The van der Waals surface area contributed by atoms with Crippen molar-refractivity contribution >= 4 is 37.8 Å². The molecule has 1 amide bonds. The number of halogens is 1. The molecule has 0 aliphatic heterocycles. The van der Waals surface area contributed by atoms with Crippen LogP contribution in [0.15, 0.2) is 0 Å². The van der Waals surface area contributed by atoms with Gasteiger partial charge in [0.05, 0.1) is 0 Å². The lowest BCUT2D eigenvalue weighted by Crippen LogP contribution is -2.20. The molecule has 0 saturated carbocycles. The van der Waals surface area contributed by atoms with Crippen LogP contribution in [0.4, 0.5) is 4.79 Å². The van der Waals surface area contributed by atoms with Crippen LogP contribution < -0.4 is 4.72 Å². The van der Waals surface area contributed by atoms with Crippen molar-refractivity contribution in [1.82, 2.24) is 4.72 Å². The number of hydrogen-bond donors (Lipinski definition) is 2. The average molecular weight is 176 g/mol. The Morgan fingerprint density at radius 3 is 2.00 bits per heavy atom. The van der Waals surface area contributed by atoms with Gasteiger partial charge in [-0.15, -0.1) is 0 Å². The molecule has 0 radical (unpaired) electrons. The predicted molar refractivity (Wildman–Crippen MR) is 32.3 cm³/mol. The zero-order valence-electron chi connectivity index (χ0n) is 3.46. The van der Waals surface area contributed by atoms with Gasteiger partial charge in [-0.25, -0.2) is 4.72 Å². The molecule has 0 bridgehead atoms. The van der Waals surface area contributed by atoms with Crippen LogP contribution in [0.3, 0.4) is 0 Å². The summed E-state index contributed by atoms with van der Waals surface area (Å²) in [6.07, 6.45) is 0. The highest BCUT2D eigenvalue weighted by Gasteiger charge is 2.04. The number of amides is 1. The Labute approximate surface area is 56.2 Å². The lowest BCUT2D eigenvalue weighted by molar-refractivity contribution is 0.265. The van der Waals surface area contributed by atoms with Crippen molar-refractivity contribution in [2.75, 3.05) is 0 Å². The average Bonchev–Trinajstić information content (AvgIpc) is 1.21. The lowest BCUT2D eigenvalue weighted by Gasteiger charge is -1.89. The Morgan fingerprint density at radius 2 is 2.00 bits per heavy atom. The Balaban J connectivity index is 3.95. The minimum atomic E-state index is -3.93. The fourth-order valence-corrected chi connectivity index (χ4v) is 1.05. The van der Waals surface area contributed by atoms with Crippen LogP contribution in [0.5, 0.6) is 0 Å². The van der Waals surface area contributed by atoms with Crippen molar-refractivity contribution in [1.29, 1.82) is 0 Å². The second-order valence-corrected chi connectivity index (χ2v) is 3.55. The van der Waals surface area contributed by atoms with E-state index in [2.05, 4.69) is 23.3 Å². The monoisotopic (exact) mass is 175 g/mol. The summed E-state index contributed by atoms with van der Waals surface area (Å²) < 4.78 is 21.0. The van der Waals surface area contributed by atoms with E-state index in [-0.39, 0.29) is 0 Å². The molecule has 0 fully saturated rings. The highest BCUT2D eigenvalue weighted by atomic mass is 35.7. The van der Waals surface area contributed by atoms with Gasteiger partial charge in [0.2, 0.25) is 0 Å². The standard InChI is InChI=1S/CH2ClNO3S2/c2-8(5,6)3-1(4)7/h(H2,3,4,7). The summed E-state index contributed by atoms with van der Waals surface area (Å²) in [7, 11) is 0.592. The first-order valence-electron chi connectivity index (χ1n) is 1.37. The zero-order chi connectivity index (χ0) is 6.78. The van der Waals surface area contributed by atoms with Gasteiger partial charge in [0, 0.05) is 10.7 Å². The number of nitrogens with one attached hydrogen (secondary N) is 1. The zero-order valence-corrected chi connectivity index (χ0v) is 5.93. The molecular formula is CH2ClNO3S2. The minimum Gasteiger partial charge on any atom is -0.261 e. The lowest BCUT2D eigenvalue weighted by atomic mass is 11.5. The van der Waals surface area contributed by atoms with Gasteiger partial charge in [-0.3, -0.25) is 4.79 Å². The molecule has 0 atom stereocenters. The molecule has 0 saturated heterocycles. The maximum atomic E-state index is 9.83. The molecule has 0 aromatic heterocycles. The molecule has 7 heteroatoms. The third-order valence-electron chi connectivity index (χ3n) is 0.209. The molecule has 8 heavy (non-hydrogen) atoms. The van der Waals surface area contributed by atoms with Crippen molar-refractivity contribution in [3.8, 4) is 0 Å². The molecule has 0 rings (SSSR count). The number of rotatable bonds is 1. The van der Waals surface area contributed by atoms with Crippen LogP contribution in [-0.4, -0.2) is 13.7 Å². The molecule has 0 aromatic carbocycles. The van der Waals surface area contributed by atoms with Crippen LogP contribution in [0.25, 0.3) is 0 Å². The predicted octanol–water partition coefficient (Wildman–Crippen LogP) is 0.109. The topological polar surface area (TPSA) is 63.2 Å². The molecular weight excluding hydrogens is 174 g/mol. The van der Waals surface area contributed by atoms with Gasteiger partial charge in [0.15, 0.2) is 0 Å². The summed E-state index contributed by atoms with van der Waals surface area (Å²) in [5.74, 6) is 0. The van der Waals surface area contributed by atoms with E-state index in [1.807, 2.05) is 0 Å². The molecule has 1 N–H and O–H groups in total. The quantitative estimate of drug-likeness (QED) is 0.439. The number of hydrogen-bond acceptors (Lipinski definition) is 3. The SMILES string of the molecule is O=C(S)NS(=O)(=O)Cl. The van der Waals surface area contributed by atoms with Crippen LogP contribution in [0, 0.1) is 0 Å². The van der Waals surface area contributed by atoms with Crippen LogP contribution in [0.2, 0.25) is 0 Å². The fraction of sp³-hybridized carbons (Fsp3) is 0. The third kappa shape index (κ3) is 6.06. The third-order valence-corrected chi connectivity index (χ3v) is 1.13. The fourth-order valence-electron chi connectivity index (χ4n) is 0.104. The Kier molecular flexibility index (Phi) is 2.58. The van der Waals surface area contributed by atoms with Crippen molar-refractivity contribution < 1.29 is 13.2 Å². The van der Waals surface area contributed by atoms with E-state index in [4.69, 9.17) is 0 Å². The van der Waals surface area contributed by atoms with Crippen molar-refractivity contribution in [2.24, 2.45) is 0 Å². The number of carbonyl (C=O) groups excluding carboxylic acids is 1. The Hall–Kier alpha value is 0.0600. The van der Waals surface area contributed by atoms with Gasteiger partial charge in [-0.05, 0) is 0 Å². The summed E-state index contributed by atoms with van der Waals surface area (Å²) in [4.78, 5) is 9.75. The van der Waals surface area contributed by atoms with Gasteiger partial charge in [-0.1, -0.05) is 12.6 Å². The first-order chi connectivity index (χ1) is 3.42. The normalized spacial score (nSPS) is 10.8. The Bertz CT molecular complexity index is 183. The summed E-state index contributed by atoms with van der Waals surface area (Å²) in [6, 6.07) is 0. The van der Waals surface area contributed by atoms with Gasteiger partial charge < -0.3 is 0 Å².